The molecule has 0 bridgehead atoms. The topological polar surface area (TPSA) is 231 Å². The van der Waals surface area contributed by atoms with Crippen molar-refractivity contribution in [1.82, 2.24) is 0 Å². The first-order chi connectivity index (χ1) is 49.2. The Balaban J connectivity index is 4.63. The summed E-state index contributed by atoms with van der Waals surface area (Å²) in [5, 5.41) is 20.6. The second-order valence-electron chi connectivity index (χ2n) is 26.1. The lowest BCUT2D eigenvalue weighted by molar-refractivity contribution is -0.161. The van der Waals surface area contributed by atoms with E-state index < -0.39 is 91.5 Å². The molecule has 0 fully saturated rings. The van der Waals surface area contributed by atoms with Crippen LogP contribution in [0.5, 0.6) is 0 Å². The Morgan fingerprint density at radius 1 is 0.287 bits per heavy atom. The van der Waals surface area contributed by atoms with Crippen molar-refractivity contribution in [2.24, 2.45) is 0 Å². The minimum atomic E-state index is -4.94. The molecule has 0 aliphatic heterocycles. The second kappa shape index (κ2) is 75.4. The van der Waals surface area contributed by atoms with Crippen molar-refractivity contribution in [2.45, 2.75) is 334 Å². The Hall–Kier alpha value is -4.31. The van der Waals surface area contributed by atoms with Crippen LogP contribution < -0.4 is 0 Å². The van der Waals surface area contributed by atoms with Crippen LogP contribution in [0.2, 0.25) is 0 Å². The molecule has 580 valence electrons. The van der Waals surface area contributed by atoms with Crippen molar-refractivity contribution in [1.29, 1.82) is 0 Å². The molecule has 0 rings (SSSR count). The fourth-order valence-electron chi connectivity index (χ4n) is 10.3. The van der Waals surface area contributed by atoms with Gasteiger partial charge in [-0.25, -0.2) is 9.13 Å². The molecule has 18 heteroatoms. The third kappa shape index (κ3) is 76.6. The Morgan fingerprint density at radius 2 is 0.525 bits per heavy atom. The van der Waals surface area contributed by atoms with E-state index in [1.165, 1.54) is 89.9 Å². The van der Waals surface area contributed by atoms with Gasteiger partial charge in [-0.2, -0.15) is 0 Å². The highest BCUT2D eigenvalue weighted by Crippen LogP contribution is 2.45. The number of phosphoric ester groups is 2. The van der Waals surface area contributed by atoms with Crippen LogP contribution in [0.1, 0.15) is 316 Å². The van der Waals surface area contributed by atoms with Crippen molar-refractivity contribution < 1.29 is 75.8 Å². The zero-order chi connectivity index (χ0) is 73.7. The van der Waals surface area contributed by atoms with Crippen molar-refractivity contribution >= 4 is 33.6 Å². The average Bonchev–Trinajstić information content (AvgIpc) is 1.17. The quantitative estimate of drug-likeness (QED) is 0.0146. The summed E-state index contributed by atoms with van der Waals surface area (Å²) in [7, 11) is -9.80. The molecule has 0 aromatic carbocycles. The summed E-state index contributed by atoms with van der Waals surface area (Å²) < 4.78 is 61.2. The fourth-order valence-corrected chi connectivity index (χ4v) is 11.9. The van der Waals surface area contributed by atoms with Gasteiger partial charge in [0.15, 0.2) is 6.10 Å². The first kappa shape index (κ1) is 96.7. The van der Waals surface area contributed by atoms with Crippen LogP contribution in [0.4, 0.5) is 0 Å². The smallest absolute Gasteiger partial charge is 0.463 e. The molecule has 0 saturated heterocycles. The molecule has 0 radical (unpaired) electrons. The van der Waals surface area contributed by atoms with E-state index in [9.17, 15) is 43.5 Å². The van der Waals surface area contributed by atoms with E-state index >= 15 is 0 Å². The molecular weight excluding hydrogens is 1310 g/mol. The van der Waals surface area contributed by atoms with E-state index in [1.807, 2.05) is 0 Å². The van der Waals surface area contributed by atoms with Gasteiger partial charge in [-0.3, -0.25) is 32.5 Å². The fraction of sp³-hybridized carbons (Fsp3) is 0.699. The van der Waals surface area contributed by atoms with Gasteiger partial charge in [0.05, 0.1) is 26.4 Å². The Labute approximate surface area is 614 Å². The maximum atomic E-state index is 13.0. The minimum Gasteiger partial charge on any atom is -0.463 e. The number of phosphoric acid groups is 2. The van der Waals surface area contributed by atoms with Crippen LogP contribution in [0, 0.1) is 0 Å². The minimum absolute atomic E-state index is 0.0834. The van der Waals surface area contributed by atoms with Gasteiger partial charge in [-0.15, -0.1) is 0 Å². The molecule has 0 spiro atoms. The van der Waals surface area contributed by atoms with Crippen LogP contribution in [0.15, 0.2) is 134 Å². The van der Waals surface area contributed by atoms with Crippen molar-refractivity contribution in [3.63, 3.8) is 0 Å². The first-order valence-electron chi connectivity index (χ1n) is 39.5. The lowest BCUT2D eigenvalue weighted by Gasteiger charge is -2.21. The summed E-state index contributed by atoms with van der Waals surface area (Å²) in [6.45, 7) is 2.49. The number of rotatable bonds is 74. The number of hydrogen-bond acceptors (Lipinski definition) is 14. The predicted octanol–water partition coefficient (Wildman–Crippen LogP) is 23.1. The normalized spacial score (nSPS) is 14.7. The molecule has 0 amide bonds. The van der Waals surface area contributed by atoms with Gasteiger partial charge >= 0.3 is 33.6 Å². The van der Waals surface area contributed by atoms with Crippen molar-refractivity contribution in [3.05, 3.63) is 134 Å². The molecule has 5 atom stereocenters. The number of carbonyl (C=O) groups excluding carboxylic acids is 3. The van der Waals surface area contributed by atoms with Crippen molar-refractivity contribution in [2.75, 3.05) is 39.6 Å². The molecule has 0 aliphatic carbocycles. The van der Waals surface area contributed by atoms with Gasteiger partial charge in [-0.1, -0.05) is 289 Å². The second-order valence-corrected chi connectivity index (χ2v) is 29.0. The molecule has 0 saturated carbocycles. The molecule has 16 nitrogen and oxygen atoms in total. The largest absolute Gasteiger partial charge is 0.472 e. The lowest BCUT2D eigenvalue weighted by atomic mass is 10.0. The van der Waals surface area contributed by atoms with Crippen LogP contribution in [0.25, 0.3) is 0 Å². The standard InChI is InChI=1S/C83H142O16P2/c1-4-7-10-13-16-19-22-25-28-31-34-35-36-37-38-39-40-41-44-46-48-51-54-57-60-63-66-69-81(86)93-72-78(84)73-95-100(89,90)96-74-79(85)75-97-101(91,92)98-77-80(99-83(88)71-68-65-62-59-56-53-50-47-43-33-30-27-24-21-18-15-12-9-6-3)76-94-82(87)70-67-64-61-58-55-52-49-45-42-32-29-26-23-20-17-14-11-8-5-2/h8,11,16-21,25-30,34-35,37-38,42-43,45,47,78-80,84-85H,4-7,9-10,12-15,22-24,31-33,36,39-41,44,46,48-77H2,1-3H3,(H,89,90)(H,91,92)/b11-8-,19-16-,20-17-,21-18-,28-25-,29-26-,30-27-,35-34-,38-37-,45-42-,47-43-. The number of aliphatic hydroxyl groups is 2. The summed E-state index contributed by atoms with van der Waals surface area (Å²) >= 11 is 0. The van der Waals surface area contributed by atoms with E-state index in [1.54, 1.807) is 0 Å². The number of ether oxygens (including phenoxy) is 3. The van der Waals surface area contributed by atoms with Gasteiger partial charge in [0.1, 0.15) is 25.4 Å². The molecule has 0 aromatic heterocycles. The Morgan fingerprint density at radius 3 is 0.832 bits per heavy atom. The molecule has 0 aromatic rings. The molecule has 0 aliphatic rings. The third-order valence-corrected chi connectivity index (χ3v) is 18.2. The molecule has 101 heavy (non-hydrogen) atoms. The van der Waals surface area contributed by atoms with Gasteiger partial charge in [0, 0.05) is 19.3 Å². The van der Waals surface area contributed by atoms with E-state index in [4.69, 9.17) is 32.3 Å². The molecule has 4 N–H and O–H groups in total. The zero-order valence-electron chi connectivity index (χ0n) is 63.3. The SMILES string of the molecule is CC/C=C\C/C=C\C/C=C\C/C=C\CCCCCCCCC(=O)OCC(COP(=O)(O)OCC(O)COP(=O)(O)OCC(O)COC(=O)CCCCCCCCCCCCC/C=C\C/C=C\C/C=C\C/C=C\CCCCC)OC(=O)CCCCCCCC/C=C\C/C=C\C/C=C\CCCCC. The summed E-state index contributed by atoms with van der Waals surface area (Å²) in [4.78, 5) is 58.7. The van der Waals surface area contributed by atoms with Crippen LogP contribution in [-0.2, 0) is 55.8 Å². The Kier molecular flexibility index (Phi) is 72.2. The molecular formula is C83H142O16P2. The maximum Gasteiger partial charge on any atom is 0.472 e. The Bertz CT molecular complexity index is 2370. The number of carbonyl (C=O) groups is 3. The van der Waals surface area contributed by atoms with Gasteiger partial charge in [0.25, 0.3) is 0 Å². The highest BCUT2D eigenvalue weighted by molar-refractivity contribution is 7.47. The lowest BCUT2D eigenvalue weighted by Crippen LogP contribution is -2.30. The van der Waals surface area contributed by atoms with Crippen LogP contribution in [-0.4, -0.2) is 95.9 Å². The summed E-state index contributed by atoms with van der Waals surface area (Å²) in [5.41, 5.74) is 0. The number of hydrogen-bond donors (Lipinski definition) is 4. The summed E-state index contributed by atoms with van der Waals surface area (Å²) in [5.74, 6) is -1.61. The van der Waals surface area contributed by atoms with E-state index in [-0.39, 0.29) is 19.3 Å². The number of esters is 3. The average molecular weight is 1460 g/mol. The first-order valence-corrected chi connectivity index (χ1v) is 42.5. The third-order valence-electron chi connectivity index (χ3n) is 16.3. The van der Waals surface area contributed by atoms with Crippen LogP contribution in [0.3, 0.4) is 0 Å². The predicted molar refractivity (Wildman–Crippen MR) is 417 cm³/mol. The number of unbranched alkanes of at least 4 members (excludes halogenated alkanes) is 29. The molecule has 5 unspecified atom stereocenters. The van der Waals surface area contributed by atoms with E-state index in [0.29, 0.717) is 19.3 Å². The summed E-state index contributed by atoms with van der Waals surface area (Å²) in [6.07, 6.45) is 90.5. The molecule has 0 heterocycles. The van der Waals surface area contributed by atoms with Gasteiger partial charge in [0.2, 0.25) is 0 Å². The van der Waals surface area contributed by atoms with E-state index in [2.05, 4.69) is 154 Å². The number of aliphatic hydroxyl groups excluding tert-OH is 2. The monoisotopic (exact) mass is 1460 g/mol. The van der Waals surface area contributed by atoms with Gasteiger partial charge < -0.3 is 34.2 Å². The highest BCUT2D eigenvalue weighted by Gasteiger charge is 2.29. The van der Waals surface area contributed by atoms with Crippen LogP contribution >= 0.6 is 15.6 Å². The maximum absolute atomic E-state index is 13.0. The van der Waals surface area contributed by atoms with Gasteiger partial charge in [-0.05, 0) is 141 Å². The number of allylic oxidation sites excluding steroid dienone is 22. The van der Waals surface area contributed by atoms with E-state index in [0.717, 1.165) is 167 Å². The zero-order valence-corrected chi connectivity index (χ0v) is 65.1. The van der Waals surface area contributed by atoms with Crippen molar-refractivity contribution in [3.8, 4) is 0 Å². The highest BCUT2D eigenvalue weighted by atomic mass is 31.2. The summed E-state index contributed by atoms with van der Waals surface area (Å²) in [6, 6.07) is 0.